The van der Waals surface area contributed by atoms with E-state index in [-0.39, 0.29) is 18.6 Å². The van der Waals surface area contributed by atoms with Gasteiger partial charge in [-0.25, -0.2) is 9.97 Å². The van der Waals surface area contributed by atoms with E-state index in [9.17, 15) is 10.2 Å². The van der Waals surface area contributed by atoms with Crippen molar-refractivity contribution < 1.29 is 14.9 Å². The summed E-state index contributed by atoms with van der Waals surface area (Å²) in [6.45, 7) is 4.60. The quantitative estimate of drug-likeness (QED) is 0.276. The first-order valence-corrected chi connectivity index (χ1v) is 12.9. The van der Waals surface area contributed by atoms with Gasteiger partial charge in [0.2, 0.25) is 5.95 Å². The number of methoxy groups -OCH3 is 1. The number of anilines is 2. The first kappa shape index (κ1) is 24.4. The van der Waals surface area contributed by atoms with Crippen LogP contribution in [0.3, 0.4) is 0 Å². The fourth-order valence-electron chi connectivity index (χ4n) is 4.70. The van der Waals surface area contributed by atoms with Crippen molar-refractivity contribution in [3.05, 3.63) is 59.3 Å². The number of aliphatic hydroxyl groups is 2. The molecule has 2 aromatic heterocycles. The zero-order valence-electron chi connectivity index (χ0n) is 20.7. The average Bonchev–Trinajstić information content (AvgIpc) is 3.45. The lowest BCUT2D eigenvalue weighted by atomic mass is 10.1. The smallest absolute Gasteiger partial charge is 0.225 e. The Morgan fingerprint density at radius 3 is 2.58 bits per heavy atom. The number of aromatic nitrogens is 3. The van der Waals surface area contributed by atoms with Crippen LogP contribution >= 0.6 is 11.3 Å². The summed E-state index contributed by atoms with van der Waals surface area (Å²) in [5, 5.41) is 27.7. The molecule has 1 saturated carbocycles. The number of nitrogens with zero attached hydrogens (tertiary/aromatic N) is 3. The van der Waals surface area contributed by atoms with Crippen molar-refractivity contribution >= 4 is 33.3 Å². The maximum absolute atomic E-state index is 10.3. The highest BCUT2D eigenvalue weighted by atomic mass is 32.1. The summed E-state index contributed by atoms with van der Waals surface area (Å²) in [5.74, 6) is 1.78. The predicted octanol–water partition coefficient (Wildman–Crippen LogP) is 4.53. The summed E-state index contributed by atoms with van der Waals surface area (Å²) in [5.41, 5.74) is 4.80. The van der Waals surface area contributed by atoms with E-state index in [1.54, 1.807) is 18.4 Å². The van der Waals surface area contributed by atoms with E-state index < -0.39 is 6.10 Å². The predicted molar refractivity (Wildman–Crippen MR) is 144 cm³/mol. The summed E-state index contributed by atoms with van der Waals surface area (Å²) >= 11 is 1.57. The molecule has 188 valence electrons. The number of aliphatic hydroxyl groups excluding tert-OH is 2. The summed E-state index contributed by atoms with van der Waals surface area (Å²) < 4.78 is 6.54. The lowest BCUT2D eigenvalue weighted by Gasteiger charge is -2.18. The first-order chi connectivity index (χ1) is 17.4. The van der Waals surface area contributed by atoms with Gasteiger partial charge in [0.1, 0.15) is 22.1 Å². The standard InChI is InChI=1S/C27H31N5O3S/c1-15-7-9-17(10-8-15)13-28-27-29-16(2)23(25(32-27)30-19-11-18(14-33)20(34)12-19)26-31-24-21(35-3)5-4-6-22(24)36-26/h4-10,18-20,33-34H,11-14H2,1-3H3,(H2,28,29,30,32)/t18-,19-,20+/m1/s1. The molecule has 0 aliphatic heterocycles. The van der Waals surface area contributed by atoms with Gasteiger partial charge in [0.25, 0.3) is 0 Å². The molecule has 0 spiro atoms. The van der Waals surface area contributed by atoms with Crippen LogP contribution in [0.2, 0.25) is 0 Å². The van der Waals surface area contributed by atoms with E-state index in [2.05, 4.69) is 41.8 Å². The molecule has 2 aromatic carbocycles. The van der Waals surface area contributed by atoms with Gasteiger partial charge in [-0.1, -0.05) is 35.9 Å². The van der Waals surface area contributed by atoms with Crippen LogP contribution in [-0.4, -0.2) is 51.0 Å². The van der Waals surface area contributed by atoms with Crippen LogP contribution in [0.25, 0.3) is 20.8 Å². The van der Waals surface area contributed by atoms with Gasteiger partial charge in [-0.2, -0.15) is 4.98 Å². The fraction of sp³-hybridized carbons (Fsp3) is 0.370. The highest BCUT2D eigenvalue weighted by molar-refractivity contribution is 7.21. The minimum absolute atomic E-state index is 0.0148. The molecule has 9 heteroatoms. The SMILES string of the molecule is COc1cccc2sc(-c3c(C)nc(NCc4ccc(C)cc4)nc3N[C@@H]3C[C@H](CO)[C@@H](O)C3)nc12. The first-order valence-electron chi connectivity index (χ1n) is 12.1. The number of rotatable bonds is 8. The molecule has 36 heavy (non-hydrogen) atoms. The van der Waals surface area contributed by atoms with Crippen molar-refractivity contribution in [1.82, 2.24) is 15.0 Å². The number of hydrogen-bond acceptors (Lipinski definition) is 9. The van der Waals surface area contributed by atoms with E-state index in [0.29, 0.717) is 31.2 Å². The maximum Gasteiger partial charge on any atom is 0.225 e. The number of fused-ring (bicyclic) bond motifs is 1. The Balaban J connectivity index is 1.51. The molecule has 4 aromatic rings. The summed E-state index contributed by atoms with van der Waals surface area (Å²) in [7, 11) is 1.65. The molecule has 8 nitrogen and oxygen atoms in total. The average molecular weight is 506 g/mol. The normalized spacial score (nSPS) is 19.5. The molecule has 4 N–H and O–H groups in total. The lowest BCUT2D eigenvalue weighted by molar-refractivity contribution is 0.0908. The van der Waals surface area contributed by atoms with Crippen molar-refractivity contribution in [1.29, 1.82) is 0 Å². The largest absolute Gasteiger partial charge is 0.494 e. The number of para-hydroxylation sites is 1. The van der Waals surface area contributed by atoms with Gasteiger partial charge in [-0.05, 0) is 44.4 Å². The number of thiazole rings is 1. The minimum Gasteiger partial charge on any atom is -0.494 e. The molecule has 3 atom stereocenters. The van der Waals surface area contributed by atoms with Crippen LogP contribution < -0.4 is 15.4 Å². The van der Waals surface area contributed by atoms with Crippen LogP contribution in [0.15, 0.2) is 42.5 Å². The maximum atomic E-state index is 10.3. The van der Waals surface area contributed by atoms with E-state index in [1.807, 2.05) is 25.1 Å². The summed E-state index contributed by atoms with van der Waals surface area (Å²) in [6, 6.07) is 14.2. The van der Waals surface area contributed by atoms with Crippen molar-refractivity contribution in [2.75, 3.05) is 24.4 Å². The Kier molecular flexibility index (Phi) is 7.04. The topological polar surface area (TPSA) is 112 Å². The number of benzene rings is 2. The minimum atomic E-state index is -0.537. The van der Waals surface area contributed by atoms with Crippen molar-refractivity contribution in [3.8, 4) is 16.3 Å². The van der Waals surface area contributed by atoms with Gasteiger partial charge < -0.3 is 25.6 Å². The monoisotopic (exact) mass is 505 g/mol. The number of nitrogens with one attached hydrogen (secondary N) is 2. The highest BCUT2D eigenvalue weighted by Crippen LogP contribution is 2.40. The fourth-order valence-corrected chi connectivity index (χ4v) is 5.79. The Hall–Kier alpha value is -3.27. The molecule has 5 rings (SSSR count). The van der Waals surface area contributed by atoms with Gasteiger partial charge in [-0.3, -0.25) is 0 Å². The molecule has 2 heterocycles. The van der Waals surface area contributed by atoms with E-state index in [0.717, 1.165) is 37.8 Å². The van der Waals surface area contributed by atoms with Gasteiger partial charge in [0, 0.05) is 25.1 Å². The molecule has 1 aliphatic rings. The Morgan fingerprint density at radius 1 is 1.06 bits per heavy atom. The second-order valence-electron chi connectivity index (χ2n) is 9.34. The van der Waals surface area contributed by atoms with Crippen molar-refractivity contribution in [2.24, 2.45) is 5.92 Å². The van der Waals surface area contributed by atoms with Crippen molar-refractivity contribution in [3.63, 3.8) is 0 Å². The van der Waals surface area contributed by atoms with Crippen LogP contribution in [-0.2, 0) is 6.54 Å². The number of hydrogen-bond donors (Lipinski definition) is 4. The molecule has 0 bridgehead atoms. The second kappa shape index (κ2) is 10.4. The van der Waals surface area contributed by atoms with Gasteiger partial charge in [-0.15, -0.1) is 11.3 Å². The highest BCUT2D eigenvalue weighted by Gasteiger charge is 2.33. The second-order valence-corrected chi connectivity index (χ2v) is 10.4. The molecule has 1 fully saturated rings. The third-order valence-corrected chi connectivity index (χ3v) is 7.75. The third-order valence-electron chi connectivity index (χ3n) is 6.71. The van der Waals surface area contributed by atoms with Crippen LogP contribution in [0, 0.1) is 19.8 Å². The van der Waals surface area contributed by atoms with Crippen LogP contribution in [0.1, 0.15) is 29.7 Å². The Bertz CT molecular complexity index is 1360. The molecular weight excluding hydrogens is 474 g/mol. The number of aryl methyl sites for hydroxylation is 2. The molecule has 0 saturated heterocycles. The molecule has 0 radical (unpaired) electrons. The van der Waals surface area contributed by atoms with Crippen molar-refractivity contribution in [2.45, 2.75) is 45.4 Å². The molecule has 1 aliphatic carbocycles. The van der Waals surface area contributed by atoms with Crippen LogP contribution in [0.5, 0.6) is 5.75 Å². The van der Waals surface area contributed by atoms with Gasteiger partial charge >= 0.3 is 0 Å². The zero-order chi connectivity index (χ0) is 25.2. The molecule has 0 amide bonds. The molecular formula is C27H31N5O3S. The van der Waals surface area contributed by atoms with E-state index in [1.165, 1.54) is 5.56 Å². The Morgan fingerprint density at radius 2 is 1.86 bits per heavy atom. The van der Waals surface area contributed by atoms with E-state index >= 15 is 0 Å². The van der Waals surface area contributed by atoms with Gasteiger partial charge in [0.15, 0.2) is 0 Å². The Labute approximate surface area is 214 Å². The number of ether oxygens (including phenoxy) is 1. The third kappa shape index (κ3) is 5.00. The summed E-state index contributed by atoms with van der Waals surface area (Å²) in [6.07, 6.45) is 0.678. The summed E-state index contributed by atoms with van der Waals surface area (Å²) in [4.78, 5) is 14.5. The molecule has 0 unspecified atom stereocenters. The van der Waals surface area contributed by atoms with Gasteiger partial charge in [0.05, 0.1) is 29.2 Å². The van der Waals surface area contributed by atoms with Crippen LogP contribution in [0.4, 0.5) is 11.8 Å². The van der Waals surface area contributed by atoms with E-state index in [4.69, 9.17) is 19.7 Å². The lowest BCUT2D eigenvalue weighted by Crippen LogP contribution is -2.19. The zero-order valence-corrected chi connectivity index (χ0v) is 21.5.